The molecule has 7 nitrogen and oxygen atoms in total. The Kier molecular flexibility index (Phi) is 5.88. The van der Waals surface area contributed by atoms with Gasteiger partial charge in [-0.3, -0.25) is 14.6 Å². The number of aliphatic hydroxyl groups excluding tert-OH is 1. The van der Waals surface area contributed by atoms with Crippen LogP contribution in [0, 0.1) is 25.5 Å². The molecule has 0 bridgehead atoms. The third-order valence-electron chi connectivity index (χ3n) is 5.50. The summed E-state index contributed by atoms with van der Waals surface area (Å²) in [6, 6.07) is 5.14. The highest BCUT2D eigenvalue weighted by Gasteiger charge is 2.26. The van der Waals surface area contributed by atoms with Crippen molar-refractivity contribution >= 4 is 11.6 Å². The largest absolute Gasteiger partial charge is 0.485 e. The zero-order valence-electron chi connectivity index (χ0n) is 17.3. The summed E-state index contributed by atoms with van der Waals surface area (Å²) < 4.78 is 35.2. The second-order valence-corrected chi connectivity index (χ2v) is 7.81. The number of hydrazine groups is 1. The fourth-order valence-electron chi connectivity index (χ4n) is 3.88. The number of nitrogens with one attached hydrogen (secondary N) is 2. The van der Waals surface area contributed by atoms with Gasteiger partial charge in [-0.15, -0.1) is 0 Å². The number of carbonyl (C=O) groups is 1. The molecule has 2 aromatic heterocycles. The van der Waals surface area contributed by atoms with Crippen LogP contribution in [0.2, 0.25) is 0 Å². The molecule has 31 heavy (non-hydrogen) atoms. The highest BCUT2D eigenvalue weighted by atomic mass is 19.1. The normalized spacial score (nSPS) is 18.5. The molecule has 9 heteroatoms. The van der Waals surface area contributed by atoms with E-state index < -0.39 is 23.6 Å². The van der Waals surface area contributed by atoms with Gasteiger partial charge in [0.15, 0.2) is 11.4 Å². The highest BCUT2D eigenvalue weighted by Crippen LogP contribution is 2.26. The first-order chi connectivity index (χ1) is 14.8. The minimum absolute atomic E-state index is 0.178. The predicted octanol–water partition coefficient (Wildman–Crippen LogP) is 2.96. The molecule has 0 radical (unpaired) electrons. The van der Waals surface area contributed by atoms with Crippen molar-refractivity contribution in [2.24, 2.45) is 0 Å². The van der Waals surface area contributed by atoms with Gasteiger partial charge in [0.05, 0.1) is 23.4 Å². The molecule has 2 unspecified atom stereocenters. The molecular formula is C22H24F2N4O3. The Hall–Kier alpha value is -3.04. The summed E-state index contributed by atoms with van der Waals surface area (Å²) in [6.45, 7) is 3.20. The number of aromatic nitrogens is 2. The Balaban J connectivity index is 1.59. The van der Waals surface area contributed by atoms with E-state index in [1.807, 2.05) is 6.92 Å². The zero-order valence-corrected chi connectivity index (χ0v) is 17.3. The molecule has 1 amide bonds. The first kappa shape index (κ1) is 21.2. The first-order valence-electron chi connectivity index (χ1n) is 10.1. The number of nitrogens with zero attached hydrogens (tertiary/aromatic N) is 2. The average Bonchev–Trinajstić information content (AvgIpc) is 3.27. The highest BCUT2D eigenvalue weighted by molar-refractivity contribution is 5.94. The van der Waals surface area contributed by atoms with Crippen LogP contribution in [0.4, 0.5) is 8.78 Å². The number of carbonyl (C=O) groups excluding carboxylic acids is 1. The van der Waals surface area contributed by atoms with Gasteiger partial charge < -0.3 is 9.84 Å². The van der Waals surface area contributed by atoms with Crippen molar-refractivity contribution < 1.29 is 23.4 Å². The number of aliphatic hydroxyl groups is 1. The number of ether oxygens (including phenoxy) is 1. The van der Waals surface area contributed by atoms with E-state index in [0.29, 0.717) is 29.2 Å². The number of amides is 1. The van der Waals surface area contributed by atoms with Crippen LogP contribution in [0.15, 0.2) is 30.5 Å². The van der Waals surface area contributed by atoms with Crippen molar-refractivity contribution in [3.8, 4) is 5.75 Å². The molecular weight excluding hydrogens is 406 g/mol. The molecule has 2 heterocycles. The van der Waals surface area contributed by atoms with Crippen LogP contribution in [0.3, 0.4) is 0 Å². The maximum atomic E-state index is 13.9. The van der Waals surface area contributed by atoms with E-state index >= 15 is 0 Å². The molecule has 1 aliphatic rings. The molecule has 4 rings (SSSR count). The first-order valence-corrected chi connectivity index (χ1v) is 10.1. The van der Waals surface area contributed by atoms with E-state index in [4.69, 9.17) is 4.74 Å². The van der Waals surface area contributed by atoms with Crippen LogP contribution in [-0.2, 0) is 6.61 Å². The SMILES string of the molecule is Cc1cc(OCc2c(F)cccc2F)c2nc(C)c(C(=O)NNC3CCCC3O)n2c1. The van der Waals surface area contributed by atoms with Gasteiger partial charge in [-0.2, -0.15) is 0 Å². The Morgan fingerprint density at radius 3 is 2.71 bits per heavy atom. The molecule has 0 aliphatic heterocycles. The van der Waals surface area contributed by atoms with Gasteiger partial charge in [0.25, 0.3) is 5.91 Å². The molecule has 3 aromatic rings. The maximum Gasteiger partial charge on any atom is 0.284 e. The van der Waals surface area contributed by atoms with Gasteiger partial charge in [-0.25, -0.2) is 19.2 Å². The van der Waals surface area contributed by atoms with Crippen molar-refractivity contribution in [2.75, 3.05) is 0 Å². The predicted molar refractivity (Wildman–Crippen MR) is 110 cm³/mol. The van der Waals surface area contributed by atoms with Crippen LogP contribution in [0.1, 0.15) is 46.6 Å². The number of imidazole rings is 1. The number of hydrogen-bond donors (Lipinski definition) is 3. The Labute approximate surface area is 178 Å². The monoisotopic (exact) mass is 430 g/mol. The lowest BCUT2D eigenvalue weighted by atomic mass is 10.2. The summed E-state index contributed by atoms with van der Waals surface area (Å²) in [5.41, 5.74) is 7.29. The molecule has 1 aliphatic carbocycles. The fourth-order valence-corrected chi connectivity index (χ4v) is 3.88. The topological polar surface area (TPSA) is 87.9 Å². The summed E-state index contributed by atoms with van der Waals surface area (Å²) in [7, 11) is 0. The molecule has 1 saturated carbocycles. The average molecular weight is 430 g/mol. The Morgan fingerprint density at radius 1 is 1.29 bits per heavy atom. The van der Waals surface area contributed by atoms with Crippen molar-refractivity contribution in [1.82, 2.24) is 20.2 Å². The van der Waals surface area contributed by atoms with Crippen LogP contribution < -0.4 is 15.6 Å². The van der Waals surface area contributed by atoms with Gasteiger partial charge in [-0.05, 0) is 56.9 Å². The van der Waals surface area contributed by atoms with Gasteiger partial charge in [0, 0.05) is 6.20 Å². The van der Waals surface area contributed by atoms with E-state index in [-0.39, 0.29) is 18.2 Å². The van der Waals surface area contributed by atoms with E-state index in [1.165, 1.54) is 18.2 Å². The fraction of sp³-hybridized carbons (Fsp3) is 0.364. The van der Waals surface area contributed by atoms with Crippen molar-refractivity contribution in [3.63, 3.8) is 0 Å². The minimum Gasteiger partial charge on any atom is -0.485 e. The smallest absolute Gasteiger partial charge is 0.284 e. The number of benzene rings is 1. The second-order valence-electron chi connectivity index (χ2n) is 7.81. The molecule has 3 N–H and O–H groups in total. The molecule has 0 saturated heterocycles. The number of halogens is 2. The van der Waals surface area contributed by atoms with Gasteiger partial charge >= 0.3 is 0 Å². The van der Waals surface area contributed by atoms with Gasteiger partial charge in [-0.1, -0.05) is 6.07 Å². The number of aryl methyl sites for hydroxylation is 2. The molecule has 1 aromatic carbocycles. The van der Waals surface area contributed by atoms with E-state index in [2.05, 4.69) is 15.8 Å². The van der Waals surface area contributed by atoms with Crippen molar-refractivity contribution in [1.29, 1.82) is 0 Å². The van der Waals surface area contributed by atoms with Crippen LogP contribution in [0.5, 0.6) is 5.75 Å². The number of hydrogen-bond acceptors (Lipinski definition) is 5. The third-order valence-corrected chi connectivity index (χ3v) is 5.50. The van der Waals surface area contributed by atoms with Crippen LogP contribution in [-0.4, -0.2) is 32.5 Å². The van der Waals surface area contributed by atoms with Crippen LogP contribution in [0.25, 0.3) is 5.65 Å². The summed E-state index contributed by atoms with van der Waals surface area (Å²) in [5.74, 6) is -1.48. The lowest BCUT2D eigenvalue weighted by Crippen LogP contribution is -2.47. The summed E-state index contributed by atoms with van der Waals surface area (Å²) >= 11 is 0. The summed E-state index contributed by atoms with van der Waals surface area (Å²) in [5, 5.41) is 9.92. The molecule has 164 valence electrons. The summed E-state index contributed by atoms with van der Waals surface area (Å²) in [4.78, 5) is 17.3. The van der Waals surface area contributed by atoms with Gasteiger partial charge in [0.2, 0.25) is 0 Å². The molecule has 1 fully saturated rings. The number of fused-ring (bicyclic) bond motifs is 1. The number of rotatable bonds is 6. The van der Waals surface area contributed by atoms with Crippen molar-refractivity contribution in [3.05, 3.63) is 64.6 Å². The quantitative estimate of drug-likeness (QED) is 0.524. The van der Waals surface area contributed by atoms with Crippen molar-refractivity contribution in [2.45, 2.75) is 51.9 Å². The molecule has 0 spiro atoms. The standard InChI is InChI=1S/C22H24F2N4O3/c1-12-9-19(31-11-14-15(23)5-3-6-16(14)24)21-25-13(2)20(28(21)10-12)22(30)27-26-17-7-4-8-18(17)29/h3,5-6,9-10,17-18,26,29H,4,7-8,11H2,1-2H3,(H,27,30). The van der Waals surface area contributed by atoms with E-state index in [1.54, 1.807) is 23.6 Å². The second kappa shape index (κ2) is 8.60. The van der Waals surface area contributed by atoms with E-state index in [9.17, 15) is 18.7 Å². The lowest BCUT2D eigenvalue weighted by molar-refractivity contribution is 0.0884. The minimum atomic E-state index is -0.691. The van der Waals surface area contributed by atoms with E-state index in [0.717, 1.165) is 18.4 Å². The third kappa shape index (κ3) is 4.24. The zero-order chi connectivity index (χ0) is 22.1. The Morgan fingerprint density at radius 2 is 2.03 bits per heavy atom. The summed E-state index contributed by atoms with van der Waals surface area (Å²) in [6.07, 6.45) is 3.61. The lowest BCUT2D eigenvalue weighted by Gasteiger charge is -2.17. The Bertz CT molecular complexity index is 1110. The maximum absolute atomic E-state index is 13.9. The number of pyridine rings is 1. The van der Waals surface area contributed by atoms with Crippen LogP contribution >= 0.6 is 0 Å². The molecule has 2 atom stereocenters. The van der Waals surface area contributed by atoms with Gasteiger partial charge in [0.1, 0.15) is 23.9 Å².